The molecule has 0 saturated heterocycles. The van der Waals surface area contributed by atoms with Crippen LogP contribution in [0.2, 0.25) is 0 Å². The first-order valence-corrected chi connectivity index (χ1v) is 16.8. The van der Waals surface area contributed by atoms with Crippen LogP contribution in [0.3, 0.4) is 0 Å². The van der Waals surface area contributed by atoms with Crippen molar-refractivity contribution in [3.63, 3.8) is 0 Å². The van der Waals surface area contributed by atoms with Gasteiger partial charge in [-0.25, -0.2) is 19.9 Å². The monoisotopic (exact) mass is 653 g/mol. The highest BCUT2D eigenvalue weighted by Crippen LogP contribution is 2.37. The van der Waals surface area contributed by atoms with Crippen molar-refractivity contribution in [1.29, 1.82) is 0 Å². The highest BCUT2D eigenvalue weighted by atomic mass is 16.3. The van der Waals surface area contributed by atoms with Crippen molar-refractivity contribution in [2.24, 2.45) is 0 Å². The van der Waals surface area contributed by atoms with Gasteiger partial charge in [-0.1, -0.05) is 121 Å². The number of hydrogen-bond donors (Lipinski definition) is 0. The van der Waals surface area contributed by atoms with E-state index in [9.17, 15) is 0 Å². The second-order valence-corrected chi connectivity index (χ2v) is 12.6. The molecule has 0 aliphatic rings. The highest BCUT2D eigenvalue weighted by Gasteiger charge is 2.17. The van der Waals surface area contributed by atoms with Crippen molar-refractivity contribution in [2.45, 2.75) is 0 Å². The van der Waals surface area contributed by atoms with Gasteiger partial charge in [0.2, 0.25) is 5.71 Å². The van der Waals surface area contributed by atoms with Gasteiger partial charge in [-0.15, -0.1) is 0 Å². The van der Waals surface area contributed by atoms with Gasteiger partial charge in [-0.2, -0.15) is 0 Å². The summed E-state index contributed by atoms with van der Waals surface area (Å²) < 4.78 is 6.39. The van der Waals surface area contributed by atoms with Gasteiger partial charge < -0.3 is 4.42 Å². The number of hydrogen-bond acceptors (Lipinski definition) is 6. The van der Waals surface area contributed by atoms with Crippen LogP contribution in [0.15, 0.2) is 168 Å². The Hall–Kier alpha value is -7.05. The fraction of sp³-hybridized carbons (Fsp3) is 0. The average Bonchev–Trinajstić information content (AvgIpc) is 3.59. The summed E-state index contributed by atoms with van der Waals surface area (Å²) in [6.45, 7) is 0. The molecule has 0 aliphatic carbocycles. The number of fused-ring (bicyclic) bond motifs is 5. The largest absolute Gasteiger partial charge is 0.435 e. The lowest BCUT2D eigenvalue weighted by molar-refractivity contribution is 0.654. The van der Waals surface area contributed by atoms with E-state index < -0.39 is 0 Å². The Morgan fingerprint density at radius 2 is 0.941 bits per heavy atom. The molecule has 51 heavy (non-hydrogen) atoms. The number of furan rings is 1. The fourth-order valence-electron chi connectivity index (χ4n) is 6.79. The Labute approximate surface area is 292 Å². The van der Waals surface area contributed by atoms with E-state index in [1.807, 2.05) is 91.3 Å². The van der Waals surface area contributed by atoms with Crippen molar-refractivity contribution in [3.05, 3.63) is 164 Å². The lowest BCUT2D eigenvalue weighted by Crippen LogP contribution is -2.00. The van der Waals surface area contributed by atoms with E-state index in [1.165, 1.54) is 21.5 Å². The van der Waals surface area contributed by atoms with Gasteiger partial charge in [0.05, 0.1) is 5.39 Å². The van der Waals surface area contributed by atoms with Crippen LogP contribution < -0.4 is 0 Å². The zero-order valence-electron chi connectivity index (χ0n) is 27.2. The number of nitrogens with zero attached hydrogens (tertiary/aromatic N) is 5. The van der Waals surface area contributed by atoms with Crippen LogP contribution in [0.1, 0.15) is 0 Å². The van der Waals surface area contributed by atoms with Crippen LogP contribution in [0.5, 0.6) is 0 Å². The minimum Gasteiger partial charge on any atom is -0.435 e. The third kappa shape index (κ3) is 5.18. The molecule has 4 aromatic heterocycles. The molecule has 10 aromatic rings. The molecule has 0 radical (unpaired) electrons. The topological polar surface area (TPSA) is 77.6 Å². The van der Waals surface area contributed by atoms with Crippen LogP contribution >= 0.6 is 0 Å². The van der Waals surface area contributed by atoms with E-state index in [1.54, 1.807) is 0 Å². The van der Waals surface area contributed by atoms with Crippen molar-refractivity contribution >= 4 is 43.7 Å². The lowest BCUT2D eigenvalue weighted by atomic mass is 9.98. The maximum absolute atomic E-state index is 6.39. The minimum absolute atomic E-state index is 0.559. The fourth-order valence-corrected chi connectivity index (χ4v) is 6.79. The lowest BCUT2D eigenvalue weighted by Gasteiger charge is -2.09. The number of benzene rings is 6. The SMILES string of the molecule is c1ccc(-c2nc(-c3ccccc3)nc(-c3ccc(-c4cnc5oc6c(-c7ccc8cc9ccccc9cc8c7)ccnc6c5c4)cc3)n2)cc1. The van der Waals surface area contributed by atoms with Crippen LogP contribution in [0.25, 0.3) is 100 Å². The molecule has 0 bridgehead atoms. The van der Waals surface area contributed by atoms with E-state index in [4.69, 9.17) is 29.3 Å². The summed E-state index contributed by atoms with van der Waals surface area (Å²) >= 11 is 0. The van der Waals surface area contributed by atoms with Crippen molar-refractivity contribution in [1.82, 2.24) is 24.9 Å². The Morgan fingerprint density at radius 1 is 0.392 bits per heavy atom. The average molecular weight is 654 g/mol. The molecule has 0 fully saturated rings. The van der Waals surface area contributed by atoms with Crippen LogP contribution in [-0.4, -0.2) is 24.9 Å². The van der Waals surface area contributed by atoms with Gasteiger partial charge in [0.1, 0.15) is 5.52 Å². The molecule has 4 heterocycles. The summed E-state index contributed by atoms with van der Waals surface area (Å²) in [6, 6.07) is 51.9. The predicted octanol–water partition coefficient (Wildman–Crippen LogP) is 11.2. The van der Waals surface area contributed by atoms with Gasteiger partial charge in [-0.3, -0.25) is 4.98 Å². The quantitative estimate of drug-likeness (QED) is 0.172. The first kappa shape index (κ1) is 28.9. The second-order valence-electron chi connectivity index (χ2n) is 12.6. The molecule has 6 heteroatoms. The van der Waals surface area contributed by atoms with Gasteiger partial charge in [0, 0.05) is 40.2 Å². The summed E-state index contributed by atoms with van der Waals surface area (Å²) in [4.78, 5) is 24.1. The standard InChI is InChI=1S/C45H27N5O/c1-3-9-29(10-4-1)42-48-43(30-11-5-2-6-12-30)50-44(49-42)31-17-15-28(16-18-31)37-26-39-40-41(51-45(39)47-27-37)38(21-22-46-40)35-20-19-34-23-32-13-7-8-14-33(32)24-36(34)25-35/h1-27H. The molecular weight excluding hydrogens is 627 g/mol. The van der Waals surface area contributed by atoms with E-state index in [2.05, 4.69) is 72.8 Å². The van der Waals surface area contributed by atoms with Crippen LogP contribution in [-0.2, 0) is 0 Å². The van der Waals surface area contributed by atoms with Crippen molar-refractivity contribution in [3.8, 4) is 56.4 Å². The zero-order valence-corrected chi connectivity index (χ0v) is 27.2. The van der Waals surface area contributed by atoms with E-state index in [0.29, 0.717) is 23.2 Å². The molecule has 238 valence electrons. The van der Waals surface area contributed by atoms with Gasteiger partial charge in [-0.05, 0) is 63.0 Å². The smallest absolute Gasteiger partial charge is 0.229 e. The van der Waals surface area contributed by atoms with Crippen LogP contribution in [0.4, 0.5) is 0 Å². The number of pyridine rings is 2. The third-order valence-electron chi connectivity index (χ3n) is 9.40. The van der Waals surface area contributed by atoms with Gasteiger partial charge in [0.15, 0.2) is 23.1 Å². The van der Waals surface area contributed by atoms with Crippen molar-refractivity contribution in [2.75, 3.05) is 0 Å². The molecule has 10 rings (SSSR count). The van der Waals surface area contributed by atoms with Gasteiger partial charge >= 0.3 is 0 Å². The molecule has 6 aromatic carbocycles. The first-order valence-electron chi connectivity index (χ1n) is 16.8. The van der Waals surface area contributed by atoms with E-state index >= 15 is 0 Å². The number of aromatic nitrogens is 5. The second kappa shape index (κ2) is 11.8. The molecule has 0 spiro atoms. The molecule has 0 atom stereocenters. The zero-order chi connectivity index (χ0) is 33.7. The molecule has 0 saturated carbocycles. The maximum atomic E-state index is 6.39. The maximum Gasteiger partial charge on any atom is 0.229 e. The molecule has 0 unspecified atom stereocenters. The molecular formula is C45H27N5O. The predicted molar refractivity (Wildman–Crippen MR) is 205 cm³/mol. The minimum atomic E-state index is 0.559. The van der Waals surface area contributed by atoms with E-state index in [-0.39, 0.29) is 0 Å². The summed E-state index contributed by atoms with van der Waals surface area (Å²) in [7, 11) is 0. The summed E-state index contributed by atoms with van der Waals surface area (Å²) in [5.74, 6) is 1.88. The Bertz CT molecular complexity index is 2840. The Morgan fingerprint density at radius 3 is 1.61 bits per heavy atom. The van der Waals surface area contributed by atoms with Crippen LogP contribution in [0, 0.1) is 0 Å². The summed E-state index contributed by atoms with van der Waals surface area (Å²) in [5.41, 5.74) is 8.89. The molecule has 6 nitrogen and oxygen atoms in total. The van der Waals surface area contributed by atoms with Gasteiger partial charge in [0.25, 0.3) is 0 Å². The third-order valence-corrected chi connectivity index (χ3v) is 9.40. The molecule has 0 N–H and O–H groups in total. The van der Waals surface area contributed by atoms with Crippen molar-refractivity contribution < 1.29 is 4.42 Å². The number of rotatable bonds is 5. The van der Waals surface area contributed by atoms with E-state index in [0.717, 1.165) is 55.4 Å². The molecule has 0 amide bonds. The Balaban J connectivity index is 1.02. The highest BCUT2D eigenvalue weighted by molar-refractivity contribution is 6.08. The normalized spacial score (nSPS) is 11.5. The molecule has 0 aliphatic heterocycles. The summed E-state index contributed by atoms with van der Waals surface area (Å²) in [5, 5.41) is 5.71. The Kier molecular flexibility index (Phi) is 6.70. The first-order chi connectivity index (χ1) is 25.2. The summed E-state index contributed by atoms with van der Waals surface area (Å²) in [6.07, 6.45) is 3.70.